The van der Waals surface area contributed by atoms with Gasteiger partial charge in [0.05, 0.1) is 31.3 Å². The lowest BCUT2D eigenvalue weighted by Gasteiger charge is -2.47. The van der Waals surface area contributed by atoms with E-state index in [2.05, 4.69) is 20.0 Å². The normalized spacial score (nSPS) is 26.0. The summed E-state index contributed by atoms with van der Waals surface area (Å²) in [6.45, 7) is 7.09. The fourth-order valence-corrected chi connectivity index (χ4v) is 3.62. The Morgan fingerprint density at radius 2 is 2.22 bits per heavy atom. The van der Waals surface area contributed by atoms with Crippen molar-refractivity contribution < 1.29 is 13.6 Å². The summed E-state index contributed by atoms with van der Waals surface area (Å²) in [6, 6.07) is 2.63. The lowest BCUT2D eigenvalue weighted by atomic mass is 9.90. The first kappa shape index (κ1) is 14.7. The third kappa shape index (κ3) is 3.11. The van der Waals surface area contributed by atoms with Crippen LogP contribution in [0.15, 0.2) is 27.4 Å². The van der Waals surface area contributed by atoms with E-state index in [1.54, 1.807) is 6.26 Å². The minimum atomic E-state index is -0.150. The van der Waals surface area contributed by atoms with Crippen molar-refractivity contribution in [2.45, 2.75) is 31.9 Å². The van der Waals surface area contributed by atoms with E-state index in [1.807, 2.05) is 19.3 Å². The average Bonchev–Trinajstić information content (AvgIpc) is 3.19. The maximum atomic E-state index is 6.22. The highest BCUT2D eigenvalue weighted by molar-refractivity contribution is 5.27. The van der Waals surface area contributed by atoms with Crippen molar-refractivity contribution in [1.82, 2.24) is 15.1 Å². The molecule has 2 aromatic rings. The van der Waals surface area contributed by atoms with Gasteiger partial charge in [-0.1, -0.05) is 5.10 Å². The first-order valence-corrected chi connectivity index (χ1v) is 8.15. The van der Waals surface area contributed by atoms with E-state index < -0.39 is 0 Å². The molecule has 124 valence electrons. The predicted molar refractivity (Wildman–Crippen MR) is 83.2 cm³/mol. The molecule has 0 amide bonds. The summed E-state index contributed by atoms with van der Waals surface area (Å²) in [5, 5.41) is 8.10. The van der Waals surface area contributed by atoms with Gasteiger partial charge in [-0.2, -0.15) is 0 Å². The third-order valence-electron chi connectivity index (χ3n) is 4.64. The van der Waals surface area contributed by atoms with E-state index in [9.17, 15) is 0 Å². The summed E-state index contributed by atoms with van der Waals surface area (Å²) in [5.41, 5.74) is 1.06. The SMILES string of the molecule is Cc1nnc(N2CCC[C@]3(CN(Cc4ccoc4)CCO3)C2)o1. The lowest BCUT2D eigenvalue weighted by Crippen LogP contribution is -2.59. The molecule has 23 heavy (non-hydrogen) atoms. The maximum Gasteiger partial charge on any atom is 0.318 e. The first-order chi connectivity index (χ1) is 11.2. The number of anilines is 1. The molecule has 0 saturated carbocycles. The van der Waals surface area contributed by atoms with Crippen LogP contribution in [0.4, 0.5) is 6.01 Å². The smallest absolute Gasteiger partial charge is 0.318 e. The molecule has 0 bridgehead atoms. The van der Waals surface area contributed by atoms with Crippen LogP contribution in [0.2, 0.25) is 0 Å². The summed E-state index contributed by atoms with van der Waals surface area (Å²) in [6.07, 6.45) is 5.68. The number of rotatable bonds is 3. The molecule has 2 saturated heterocycles. The van der Waals surface area contributed by atoms with Gasteiger partial charge < -0.3 is 18.5 Å². The van der Waals surface area contributed by atoms with Crippen molar-refractivity contribution in [3.63, 3.8) is 0 Å². The van der Waals surface area contributed by atoms with Crippen LogP contribution in [0.25, 0.3) is 0 Å². The molecule has 7 heteroatoms. The molecule has 0 aliphatic carbocycles. The molecule has 0 aromatic carbocycles. The van der Waals surface area contributed by atoms with Gasteiger partial charge in [0.1, 0.15) is 0 Å². The summed E-state index contributed by atoms with van der Waals surface area (Å²) < 4.78 is 17.0. The van der Waals surface area contributed by atoms with Crippen LogP contribution in [0.3, 0.4) is 0 Å². The van der Waals surface area contributed by atoms with Gasteiger partial charge in [0.25, 0.3) is 0 Å². The highest BCUT2D eigenvalue weighted by atomic mass is 16.5. The number of aromatic nitrogens is 2. The van der Waals surface area contributed by atoms with Crippen molar-refractivity contribution in [2.75, 3.05) is 37.7 Å². The Bertz CT molecular complexity index is 638. The molecule has 0 N–H and O–H groups in total. The molecule has 0 unspecified atom stereocenters. The number of hydrogen-bond donors (Lipinski definition) is 0. The molecular formula is C16H22N4O3. The topological polar surface area (TPSA) is 67.8 Å². The van der Waals surface area contributed by atoms with Gasteiger partial charge in [0.2, 0.25) is 5.89 Å². The lowest BCUT2D eigenvalue weighted by molar-refractivity contribution is -0.116. The van der Waals surface area contributed by atoms with Gasteiger partial charge in [-0.05, 0) is 18.9 Å². The van der Waals surface area contributed by atoms with Crippen LogP contribution < -0.4 is 4.90 Å². The van der Waals surface area contributed by atoms with Crippen LogP contribution in [0.5, 0.6) is 0 Å². The molecule has 4 rings (SSSR count). The summed E-state index contributed by atoms with van der Waals surface area (Å²) in [7, 11) is 0. The van der Waals surface area contributed by atoms with Crippen LogP contribution in [-0.4, -0.2) is 53.5 Å². The molecule has 2 aliphatic rings. The van der Waals surface area contributed by atoms with E-state index in [0.29, 0.717) is 11.9 Å². The van der Waals surface area contributed by atoms with Gasteiger partial charge >= 0.3 is 6.01 Å². The zero-order valence-corrected chi connectivity index (χ0v) is 13.4. The van der Waals surface area contributed by atoms with E-state index >= 15 is 0 Å². The number of aryl methyl sites for hydroxylation is 1. The van der Waals surface area contributed by atoms with Gasteiger partial charge in [0, 0.05) is 38.7 Å². The summed E-state index contributed by atoms with van der Waals surface area (Å²) >= 11 is 0. The molecule has 7 nitrogen and oxygen atoms in total. The molecule has 2 aromatic heterocycles. The zero-order valence-electron chi connectivity index (χ0n) is 13.4. The summed E-state index contributed by atoms with van der Waals surface area (Å²) in [5.74, 6) is 0.603. The number of furan rings is 1. The van der Waals surface area contributed by atoms with Crippen molar-refractivity contribution in [3.05, 3.63) is 30.0 Å². The summed E-state index contributed by atoms with van der Waals surface area (Å²) in [4.78, 5) is 4.60. The largest absolute Gasteiger partial charge is 0.472 e. The number of morpholine rings is 1. The Balaban J connectivity index is 1.46. The number of nitrogens with zero attached hydrogens (tertiary/aromatic N) is 4. The molecule has 1 atom stereocenters. The Morgan fingerprint density at radius 1 is 1.26 bits per heavy atom. The molecule has 2 aliphatic heterocycles. The quantitative estimate of drug-likeness (QED) is 0.855. The Morgan fingerprint density at radius 3 is 3.00 bits per heavy atom. The van der Waals surface area contributed by atoms with Crippen LogP contribution in [0, 0.1) is 6.92 Å². The van der Waals surface area contributed by atoms with Gasteiger partial charge in [-0.25, -0.2) is 0 Å². The highest BCUT2D eigenvalue weighted by Gasteiger charge is 2.41. The van der Waals surface area contributed by atoms with Crippen molar-refractivity contribution in [2.24, 2.45) is 0 Å². The molecular weight excluding hydrogens is 296 g/mol. The van der Waals surface area contributed by atoms with Crippen molar-refractivity contribution in [3.8, 4) is 0 Å². The van der Waals surface area contributed by atoms with Gasteiger partial charge in [-0.15, -0.1) is 5.10 Å². The zero-order chi connectivity index (χ0) is 15.7. The van der Waals surface area contributed by atoms with E-state index in [1.165, 1.54) is 5.56 Å². The Hall–Kier alpha value is -1.86. The monoisotopic (exact) mass is 318 g/mol. The Labute approximate surface area is 135 Å². The van der Waals surface area contributed by atoms with E-state index in [4.69, 9.17) is 13.6 Å². The number of piperidine rings is 1. The van der Waals surface area contributed by atoms with E-state index in [0.717, 1.165) is 52.2 Å². The second-order valence-corrected chi connectivity index (χ2v) is 6.50. The standard InChI is InChI=1S/C16H22N4O3/c1-13-17-18-15(23-13)20-5-2-4-16(12-20)11-19(6-8-22-16)9-14-3-7-21-10-14/h3,7,10H,2,4-6,8-9,11-12H2,1H3/t16-/m0/s1. The minimum absolute atomic E-state index is 0.150. The van der Waals surface area contributed by atoms with Crippen molar-refractivity contribution >= 4 is 6.01 Å². The van der Waals surface area contributed by atoms with E-state index in [-0.39, 0.29) is 5.60 Å². The molecule has 2 fully saturated rings. The second kappa shape index (κ2) is 5.98. The fourth-order valence-electron chi connectivity index (χ4n) is 3.62. The van der Waals surface area contributed by atoms with Crippen LogP contribution in [0.1, 0.15) is 24.3 Å². The number of ether oxygens (including phenoxy) is 1. The molecule has 0 radical (unpaired) electrons. The van der Waals surface area contributed by atoms with Crippen LogP contribution in [-0.2, 0) is 11.3 Å². The van der Waals surface area contributed by atoms with Crippen LogP contribution >= 0.6 is 0 Å². The molecule has 4 heterocycles. The molecule has 1 spiro atoms. The predicted octanol–water partition coefficient (Wildman–Crippen LogP) is 1.84. The third-order valence-corrected chi connectivity index (χ3v) is 4.64. The fraction of sp³-hybridized carbons (Fsp3) is 0.625. The maximum absolute atomic E-state index is 6.22. The number of hydrogen-bond acceptors (Lipinski definition) is 7. The Kier molecular flexibility index (Phi) is 3.82. The highest BCUT2D eigenvalue weighted by Crippen LogP contribution is 2.31. The first-order valence-electron chi connectivity index (χ1n) is 8.15. The second-order valence-electron chi connectivity index (χ2n) is 6.50. The van der Waals surface area contributed by atoms with Gasteiger partial charge in [0.15, 0.2) is 0 Å². The van der Waals surface area contributed by atoms with Crippen molar-refractivity contribution in [1.29, 1.82) is 0 Å². The minimum Gasteiger partial charge on any atom is -0.472 e. The van der Waals surface area contributed by atoms with Gasteiger partial charge in [-0.3, -0.25) is 4.90 Å². The average molecular weight is 318 g/mol.